The molecule has 1 aliphatic heterocycles. The Kier molecular flexibility index (Phi) is 8.44. The van der Waals surface area contributed by atoms with Crippen LogP contribution in [-0.4, -0.2) is 83.5 Å². The maximum absolute atomic E-state index is 12.9. The molecule has 3 rings (SSSR count). The number of ether oxygens (including phenoxy) is 5. The molecule has 0 bridgehead atoms. The highest BCUT2D eigenvalue weighted by Crippen LogP contribution is 2.40. The van der Waals surface area contributed by atoms with E-state index in [1.807, 2.05) is 35.2 Å². The molecule has 174 valence electrons. The lowest BCUT2D eigenvalue weighted by Crippen LogP contribution is -2.50. The summed E-state index contributed by atoms with van der Waals surface area (Å²) in [6, 6.07) is 11.2. The van der Waals surface area contributed by atoms with E-state index in [-0.39, 0.29) is 12.3 Å². The first kappa shape index (κ1) is 23.5. The lowest BCUT2D eigenvalue weighted by Gasteiger charge is -2.34. The predicted molar refractivity (Wildman–Crippen MR) is 121 cm³/mol. The number of nitrogens with zero attached hydrogens (tertiary/aromatic N) is 2. The molecule has 1 heterocycles. The first-order valence-corrected chi connectivity index (χ1v) is 10.6. The number of benzene rings is 2. The van der Waals surface area contributed by atoms with Crippen molar-refractivity contribution >= 4 is 5.91 Å². The first-order chi connectivity index (χ1) is 15.6. The minimum Gasteiger partial charge on any atom is -0.497 e. The van der Waals surface area contributed by atoms with Crippen molar-refractivity contribution in [1.29, 1.82) is 0 Å². The smallest absolute Gasteiger partial charge is 0.227 e. The van der Waals surface area contributed by atoms with E-state index in [9.17, 15) is 4.79 Å². The molecular formula is C24H32N2O6. The normalized spacial score (nSPS) is 14.1. The van der Waals surface area contributed by atoms with Crippen molar-refractivity contribution in [2.24, 2.45) is 0 Å². The standard InChI is InChI=1S/C24H32N2O6/c1-28-19-6-8-20(9-7-19)32-16-15-25-11-13-26(14-12-25)22(27)17-18-5-10-21(29-2)24(31-4)23(18)30-3/h5-10H,11-17H2,1-4H3. The van der Waals surface area contributed by atoms with Crippen molar-refractivity contribution in [1.82, 2.24) is 9.80 Å². The number of carbonyl (C=O) groups excluding carboxylic acids is 1. The van der Waals surface area contributed by atoms with Gasteiger partial charge in [0.25, 0.3) is 0 Å². The van der Waals surface area contributed by atoms with Crippen molar-refractivity contribution in [2.45, 2.75) is 6.42 Å². The molecule has 1 saturated heterocycles. The summed E-state index contributed by atoms with van der Waals surface area (Å²) in [6.45, 7) is 4.44. The lowest BCUT2D eigenvalue weighted by molar-refractivity contribution is -0.132. The molecule has 0 aromatic heterocycles. The highest BCUT2D eigenvalue weighted by Gasteiger charge is 2.24. The second-order valence-electron chi connectivity index (χ2n) is 7.42. The third kappa shape index (κ3) is 5.76. The molecule has 1 fully saturated rings. The zero-order valence-corrected chi connectivity index (χ0v) is 19.3. The van der Waals surface area contributed by atoms with Gasteiger partial charge in [0, 0.05) is 38.3 Å². The highest BCUT2D eigenvalue weighted by molar-refractivity contribution is 5.80. The average molecular weight is 445 g/mol. The topological polar surface area (TPSA) is 69.7 Å². The number of carbonyl (C=O) groups is 1. The van der Waals surface area contributed by atoms with Crippen molar-refractivity contribution in [2.75, 3.05) is 67.8 Å². The summed E-state index contributed by atoms with van der Waals surface area (Å²) in [6.07, 6.45) is 0.254. The van der Waals surface area contributed by atoms with Gasteiger partial charge >= 0.3 is 0 Å². The fourth-order valence-corrected chi connectivity index (χ4v) is 3.76. The van der Waals surface area contributed by atoms with Crippen LogP contribution >= 0.6 is 0 Å². The van der Waals surface area contributed by atoms with Gasteiger partial charge in [-0.1, -0.05) is 6.07 Å². The maximum atomic E-state index is 12.9. The van der Waals surface area contributed by atoms with Crippen LogP contribution in [-0.2, 0) is 11.2 Å². The molecule has 32 heavy (non-hydrogen) atoms. The quantitative estimate of drug-likeness (QED) is 0.558. The molecule has 0 aliphatic carbocycles. The molecule has 1 aliphatic rings. The van der Waals surface area contributed by atoms with E-state index < -0.39 is 0 Å². The second-order valence-corrected chi connectivity index (χ2v) is 7.42. The van der Waals surface area contributed by atoms with Crippen molar-refractivity contribution in [3.05, 3.63) is 42.0 Å². The van der Waals surface area contributed by atoms with Crippen molar-refractivity contribution in [3.8, 4) is 28.7 Å². The number of rotatable bonds is 10. The molecule has 0 saturated carbocycles. The van der Waals surface area contributed by atoms with Crippen LogP contribution in [0.15, 0.2) is 36.4 Å². The van der Waals surface area contributed by atoms with E-state index in [0.717, 1.165) is 36.7 Å². The third-order valence-electron chi connectivity index (χ3n) is 5.59. The Morgan fingerprint density at radius 2 is 1.44 bits per heavy atom. The molecule has 0 atom stereocenters. The predicted octanol–water partition coefficient (Wildman–Crippen LogP) is 2.49. The number of methoxy groups -OCH3 is 4. The Labute approximate surface area is 189 Å². The van der Waals surface area contributed by atoms with E-state index in [1.54, 1.807) is 34.5 Å². The van der Waals surface area contributed by atoms with Crippen LogP contribution in [0.1, 0.15) is 5.56 Å². The monoisotopic (exact) mass is 444 g/mol. The second kappa shape index (κ2) is 11.5. The molecule has 0 radical (unpaired) electrons. The van der Waals surface area contributed by atoms with Crippen LogP contribution in [0, 0.1) is 0 Å². The minimum atomic E-state index is 0.0738. The molecule has 1 amide bonds. The lowest BCUT2D eigenvalue weighted by atomic mass is 10.1. The highest BCUT2D eigenvalue weighted by atomic mass is 16.5. The number of amides is 1. The summed E-state index contributed by atoms with van der Waals surface area (Å²) in [5, 5.41) is 0. The molecule has 8 nitrogen and oxygen atoms in total. The van der Waals surface area contributed by atoms with Gasteiger partial charge in [-0.15, -0.1) is 0 Å². The SMILES string of the molecule is COc1ccc(OCCN2CCN(C(=O)Cc3ccc(OC)c(OC)c3OC)CC2)cc1. The zero-order valence-electron chi connectivity index (χ0n) is 19.3. The van der Waals surface area contributed by atoms with Crippen LogP contribution < -0.4 is 23.7 Å². The van der Waals surface area contributed by atoms with Gasteiger partial charge in [0.1, 0.15) is 18.1 Å². The van der Waals surface area contributed by atoms with Crippen molar-refractivity contribution < 1.29 is 28.5 Å². The Hall–Kier alpha value is -3.13. The van der Waals surface area contributed by atoms with E-state index >= 15 is 0 Å². The van der Waals surface area contributed by atoms with Gasteiger partial charge in [0.05, 0.1) is 34.9 Å². The van der Waals surface area contributed by atoms with Gasteiger partial charge in [0.15, 0.2) is 11.5 Å². The summed E-state index contributed by atoms with van der Waals surface area (Å²) < 4.78 is 27.2. The Bertz CT molecular complexity index is 879. The van der Waals surface area contributed by atoms with Crippen LogP contribution in [0.4, 0.5) is 0 Å². The van der Waals surface area contributed by atoms with Gasteiger partial charge in [-0.25, -0.2) is 0 Å². The first-order valence-electron chi connectivity index (χ1n) is 10.6. The van der Waals surface area contributed by atoms with E-state index in [0.29, 0.717) is 36.9 Å². The molecule has 0 N–H and O–H groups in total. The summed E-state index contributed by atoms with van der Waals surface area (Å²) in [4.78, 5) is 17.1. The Morgan fingerprint density at radius 3 is 2.03 bits per heavy atom. The minimum absolute atomic E-state index is 0.0738. The fourth-order valence-electron chi connectivity index (χ4n) is 3.76. The van der Waals surface area contributed by atoms with Gasteiger partial charge in [0.2, 0.25) is 11.7 Å². The van der Waals surface area contributed by atoms with Crippen LogP contribution in [0.5, 0.6) is 28.7 Å². The maximum Gasteiger partial charge on any atom is 0.227 e. The Morgan fingerprint density at radius 1 is 0.781 bits per heavy atom. The van der Waals surface area contributed by atoms with Gasteiger partial charge in [-0.3, -0.25) is 9.69 Å². The van der Waals surface area contributed by atoms with E-state index in [2.05, 4.69) is 4.90 Å². The zero-order chi connectivity index (χ0) is 22.9. The third-order valence-corrected chi connectivity index (χ3v) is 5.59. The van der Waals surface area contributed by atoms with Crippen LogP contribution in [0.3, 0.4) is 0 Å². The summed E-state index contributed by atoms with van der Waals surface area (Å²) in [5.74, 6) is 3.32. The summed E-state index contributed by atoms with van der Waals surface area (Å²) in [5.41, 5.74) is 0.783. The summed E-state index contributed by atoms with van der Waals surface area (Å²) >= 11 is 0. The molecule has 2 aromatic rings. The average Bonchev–Trinajstić information content (AvgIpc) is 2.84. The van der Waals surface area contributed by atoms with Crippen LogP contribution in [0.25, 0.3) is 0 Å². The van der Waals surface area contributed by atoms with E-state index in [1.165, 1.54) is 0 Å². The van der Waals surface area contributed by atoms with Crippen molar-refractivity contribution in [3.63, 3.8) is 0 Å². The summed E-state index contributed by atoms with van der Waals surface area (Å²) in [7, 11) is 6.34. The molecule has 8 heteroatoms. The molecular weight excluding hydrogens is 412 g/mol. The largest absolute Gasteiger partial charge is 0.497 e. The van der Waals surface area contributed by atoms with E-state index in [4.69, 9.17) is 23.7 Å². The number of hydrogen-bond acceptors (Lipinski definition) is 7. The van der Waals surface area contributed by atoms with Crippen LogP contribution in [0.2, 0.25) is 0 Å². The molecule has 0 unspecified atom stereocenters. The Balaban J connectivity index is 1.47. The van der Waals surface area contributed by atoms with Gasteiger partial charge < -0.3 is 28.6 Å². The fraction of sp³-hybridized carbons (Fsp3) is 0.458. The van der Waals surface area contributed by atoms with Gasteiger partial charge in [-0.05, 0) is 30.3 Å². The molecule has 0 spiro atoms. The van der Waals surface area contributed by atoms with Gasteiger partial charge in [-0.2, -0.15) is 0 Å². The number of hydrogen-bond donors (Lipinski definition) is 0. The molecule has 2 aromatic carbocycles. The number of piperazine rings is 1.